The Kier molecular flexibility index (Phi) is 9.67. The van der Waals surface area contributed by atoms with E-state index in [0.717, 1.165) is 12.0 Å². The largest absolute Gasteiger partial charge is 0.469 e. The van der Waals surface area contributed by atoms with Crippen LogP contribution in [-0.2, 0) is 20.8 Å². The molecule has 0 aromatic heterocycles. The number of methoxy groups -OCH3 is 1. The molecule has 3 N–H and O–H groups in total. The van der Waals surface area contributed by atoms with E-state index in [9.17, 15) is 19.8 Å². The molecule has 0 heterocycles. The fourth-order valence-electron chi connectivity index (χ4n) is 3.56. The maximum Gasteiger partial charge on any atom is 0.407 e. The van der Waals surface area contributed by atoms with E-state index in [2.05, 4.69) is 10.1 Å². The lowest BCUT2D eigenvalue weighted by molar-refractivity contribution is -0.140. The van der Waals surface area contributed by atoms with Gasteiger partial charge in [-0.25, -0.2) is 4.79 Å². The Morgan fingerprint density at radius 1 is 1.14 bits per heavy atom. The van der Waals surface area contributed by atoms with Gasteiger partial charge in [0.1, 0.15) is 0 Å². The highest BCUT2D eigenvalue weighted by atomic mass is 16.5. The Bertz CT molecular complexity index is 663. The Labute approximate surface area is 171 Å². The second kappa shape index (κ2) is 12.2. The number of alkyl carbamates (subject to hydrolysis) is 1. The molecule has 1 aliphatic rings. The number of amides is 1. The lowest BCUT2D eigenvalue weighted by Gasteiger charge is -2.22. The molecule has 29 heavy (non-hydrogen) atoms. The fourth-order valence-corrected chi connectivity index (χ4v) is 3.56. The van der Waals surface area contributed by atoms with Gasteiger partial charge in [-0.2, -0.15) is 0 Å². The predicted molar refractivity (Wildman–Crippen MR) is 108 cm³/mol. The molecule has 1 aliphatic carbocycles. The third-order valence-corrected chi connectivity index (χ3v) is 5.26. The molecule has 7 heteroatoms. The highest BCUT2D eigenvalue weighted by Crippen LogP contribution is 2.35. The zero-order valence-electron chi connectivity index (χ0n) is 16.8. The van der Waals surface area contributed by atoms with Crippen LogP contribution in [0.2, 0.25) is 0 Å². The van der Waals surface area contributed by atoms with Crippen LogP contribution in [0.1, 0.15) is 37.7 Å². The molecule has 0 bridgehead atoms. The van der Waals surface area contributed by atoms with Gasteiger partial charge in [0, 0.05) is 18.9 Å². The van der Waals surface area contributed by atoms with E-state index >= 15 is 0 Å². The summed E-state index contributed by atoms with van der Waals surface area (Å²) in [6.45, 7) is 0.424. The lowest BCUT2D eigenvalue weighted by atomic mass is 9.91. The Balaban J connectivity index is 1.73. The summed E-state index contributed by atoms with van der Waals surface area (Å²) in [6.07, 6.45) is 4.71. The maximum absolute atomic E-state index is 12.0. The molecule has 4 unspecified atom stereocenters. The molecule has 4 atom stereocenters. The van der Waals surface area contributed by atoms with Gasteiger partial charge in [0.15, 0.2) is 0 Å². The van der Waals surface area contributed by atoms with Crippen LogP contribution in [0.3, 0.4) is 0 Å². The normalized spacial score (nSPS) is 23.8. The Hall–Kier alpha value is -2.38. The van der Waals surface area contributed by atoms with E-state index in [1.807, 2.05) is 42.5 Å². The molecular weight excluding hydrogens is 374 g/mol. The minimum Gasteiger partial charge on any atom is -0.469 e. The van der Waals surface area contributed by atoms with Crippen molar-refractivity contribution in [2.24, 2.45) is 11.8 Å². The van der Waals surface area contributed by atoms with Crippen molar-refractivity contribution in [1.29, 1.82) is 0 Å². The minimum atomic E-state index is -0.704. The molecule has 160 valence electrons. The standard InChI is InChI=1S/C22H31NO6/c1-28-21(26)12-8-3-2-7-11-17-18(20(25)13-19(17)24)15-29-22(27)23-14-16-9-5-4-6-10-16/h2,4-7,9-10,17-20,24-25H,3,8,11-15H2,1H3,(H,23,27)/b7-2+. The summed E-state index contributed by atoms with van der Waals surface area (Å²) >= 11 is 0. The number of nitrogens with one attached hydrogen (secondary N) is 1. The molecule has 1 aromatic carbocycles. The second-order valence-corrected chi connectivity index (χ2v) is 7.31. The van der Waals surface area contributed by atoms with Crippen molar-refractivity contribution in [3.63, 3.8) is 0 Å². The number of rotatable bonds is 10. The van der Waals surface area contributed by atoms with Crippen LogP contribution in [0, 0.1) is 11.8 Å². The second-order valence-electron chi connectivity index (χ2n) is 7.31. The molecular formula is C22H31NO6. The monoisotopic (exact) mass is 405 g/mol. The van der Waals surface area contributed by atoms with Crippen LogP contribution in [0.25, 0.3) is 0 Å². The van der Waals surface area contributed by atoms with Crippen LogP contribution < -0.4 is 5.32 Å². The number of hydrogen-bond donors (Lipinski definition) is 3. The highest BCUT2D eigenvalue weighted by molar-refractivity contribution is 5.69. The van der Waals surface area contributed by atoms with E-state index in [4.69, 9.17) is 4.74 Å². The number of benzene rings is 1. The Morgan fingerprint density at radius 2 is 1.86 bits per heavy atom. The summed E-state index contributed by atoms with van der Waals surface area (Å²) < 4.78 is 9.88. The predicted octanol–water partition coefficient (Wildman–Crippen LogP) is 2.56. The van der Waals surface area contributed by atoms with E-state index in [-0.39, 0.29) is 30.8 Å². The zero-order valence-corrected chi connectivity index (χ0v) is 16.8. The summed E-state index contributed by atoms with van der Waals surface area (Å²) in [7, 11) is 1.37. The maximum atomic E-state index is 12.0. The Morgan fingerprint density at radius 3 is 2.59 bits per heavy atom. The number of esters is 1. The number of hydrogen-bond acceptors (Lipinski definition) is 6. The molecule has 0 saturated heterocycles. The topological polar surface area (TPSA) is 105 Å². The van der Waals surface area contributed by atoms with Crippen LogP contribution in [0.4, 0.5) is 4.79 Å². The van der Waals surface area contributed by atoms with Crippen molar-refractivity contribution < 1.29 is 29.3 Å². The van der Waals surface area contributed by atoms with Crippen molar-refractivity contribution in [3.05, 3.63) is 48.0 Å². The summed E-state index contributed by atoms with van der Waals surface area (Å²) in [6, 6.07) is 9.51. The molecule has 1 aromatic rings. The van der Waals surface area contributed by atoms with Crippen molar-refractivity contribution in [2.45, 2.75) is 50.9 Å². The number of aliphatic hydroxyl groups is 2. The van der Waals surface area contributed by atoms with Gasteiger partial charge in [-0.1, -0.05) is 42.5 Å². The van der Waals surface area contributed by atoms with Gasteiger partial charge >= 0.3 is 12.1 Å². The van der Waals surface area contributed by atoms with Crippen LogP contribution in [0.5, 0.6) is 0 Å². The molecule has 2 rings (SSSR count). The summed E-state index contributed by atoms with van der Waals surface area (Å²) in [5.41, 5.74) is 0.969. The van der Waals surface area contributed by atoms with Gasteiger partial charge in [-0.05, 0) is 37.2 Å². The molecule has 0 radical (unpaired) electrons. The molecule has 0 spiro atoms. The van der Waals surface area contributed by atoms with Crippen LogP contribution in [-0.4, -0.2) is 48.2 Å². The smallest absolute Gasteiger partial charge is 0.407 e. The van der Waals surface area contributed by atoms with Crippen molar-refractivity contribution in [3.8, 4) is 0 Å². The first-order valence-electron chi connectivity index (χ1n) is 10.0. The fraction of sp³-hybridized carbons (Fsp3) is 0.545. The van der Waals surface area contributed by atoms with Gasteiger partial charge < -0.3 is 25.0 Å². The number of allylic oxidation sites excluding steroid dienone is 2. The average Bonchev–Trinajstić information content (AvgIpc) is 3.00. The van der Waals surface area contributed by atoms with E-state index < -0.39 is 18.3 Å². The summed E-state index contributed by atoms with van der Waals surface area (Å²) in [4.78, 5) is 23.0. The molecule has 1 saturated carbocycles. The van der Waals surface area contributed by atoms with Gasteiger partial charge in [-0.15, -0.1) is 0 Å². The van der Waals surface area contributed by atoms with Gasteiger partial charge in [-0.3, -0.25) is 4.79 Å². The highest BCUT2D eigenvalue weighted by Gasteiger charge is 2.41. The van der Waals surface area contributed by atoms with E-state index in [1.165, 1.54) is 7.11 Å². The first-order chi connectivity index (χ1) is 14.0. The van der Waals surface area contributed by atoms with Crippen LogP contribution in [0.15, 0.2) is 42.5 Å². The van der Waals surface area contributed by atoms with Gasteiger partial charge in [0.2, 0.25) is 0 Å². The number of ether oxygens (including phenoxy) is 2. The number of unbranched alkanes of at least 4 members (excludes halogenated alkanes) is 1. The molecule has 0 aliphatic heterocycles. The molecule has 1 fully saturated rings. The van der Waals surface area contributed by atoms with Gasteiger partial charge in [0.05, 0.1) is 25.9 Å². The van der Waals surface area contributed by atoms with Gasteiger partial charge in [0.25, 0.3) is 0 Å². The molecule has 1 amide bonds. The first-order valence-corrected chi connectivity index (χ1v) is 10.0. The van der Waals surface area contributed by atoms with Crippen molar-refractivity contribution in [2.75, 3.05) is 13.7 Å². The number of aliphatic hydroxyl groups excluding tert-OH is 2. The van der Waals surface area contributed by atoms with E-state index in [1.54, 1.807) is 0 Å². The number of carbonyl (C=O) groups excluding carboxylic acids is 2. The minimum absolute atomic E-state index is 0.0553. The quantitative estimate of drug-likeness (QED) is 0.314. The third-order valence-electron chi connectivity index (χ3n) is 5.26. The lowest BCUT2D eigenvalue weighted by Crippen LogP contribution is -2.31. The van der Waals surface area contributed by atoms with Crippen LogP contribution >= 0.6 is 0 Å². The summed E-state index contributed by atoms with van der Waals surface area (Å²) in [5, 5.41) is 23.2. The zero-order chi connectivity index (χ0) is 21.1. The SMILES string of the molecule is COC(=O)CCC/C=C/CC1C(O)CC(O)C1COC(=O)NCc1ccccc1. The summed E-state index contributed by atoms with van der Waals surface area (Å²) in [5.74, 6) is -0.716. The average molecular weight is 405 g/mol. The first kappa shape index (κ1) is 22.9. The van der Waals surface area contributed by atoms with Crippen molar-refractivity contribution in [1.82, 2.24) is 5.32 Å². The molecule has 7 nitrogen and oxygen atoms in total. The number of carbonyl (C=O) groups is 2. The third kappa shape index (κ3) is 7.87. The van der Waals surface area contributed by atoms with Crippen molar-refractivity contribution >= 4 is 12.1 Å². The van der Waals surface area contributed by atoms with E-state index in [0.29, 0.717) is 25.8 Å².